The second-order valence-corrected chi connectivity index (χ2v) is 14.1. The van der Waals surface area contributed by atoms with Crippen LogP contribution in [0.3, 0.4) is 0 Å². The van der Waals surface area contributed by atoms with Crippen LogP contribution in [-0.4, -0.2) is 9.97 Å². The number of hydrogen-bond donors (Lipinski definition) is 0. The Bertz CT molecular complexity index is 3160. The van der Waals surface area contributed by atoms with Crippen molar-refractivity contribution in [1.82, 2.24) is 9.97 Å². The summed E-state index contributed by atoms with van der Waals surface area (Å²) in [4.78, 5) is 10.4. The first-order valence-corrected chi connectivity index (χ1v) is 18.5. The van der Waals surface area contributed by atoms with Gasteiger partial charge < -0.3 is 0 Å². The van der Waals surface area contributed by atoms with Gasteiger partial charge in [0.05, 0.1) is 11.4 Å². The topological polar surface area (TPSA) is 25.8 Å². The summed E-state index contributed by atoms with van der Waals surface area (Å²) in [6.45, 7) is 0. The van der Waals surface area contributed by atoms with Crippen LogP contribution in [0.25, 0.3) is 110 Å². The molecule has 10 aromatic carbocycles. The van der Waals surface area contributed by atoms with Crippen LogP contribution in [0.2, 0.25) is 0 Å². The first-order valence-electron chi connectivity index (χ1n) is 18.5. The average Bonchev–Trinajstić information content (AvgIpc) is 3.26. The van der Waals surface area contributed by atoms with Crippen LogP contribution in [0.5, 0.6) is 0 Å². The van der Waals surface area contributed by atoms with Gasteiger partial charge in [-0.05, 0) is 100 Å². The molecule has 11 rings (SSSR count). The van der Waals surface area contributed by atoms with Crippen LogP contribution in [0.4, 0.5) is 0 Å². The van der Waals surface area contributed by atoms with Gasteiger partial charge in [-0.3, -0.25) is 0 Å². The maximum atomic E-state index is 5.30. The molecule has 0 N–H and O–H groups in total. The SMILES string of the molecule is c1ccc(-c2cc(-c3cc(-c4ccc5c6ccccc6c6ccccc6c5c4)c4c5ccccc5c5ccccc5c4c3)nc(-c3ccccc3)n2)cc1. The molecule has 1 heterocycles. The van der Waals surface area contributed by atoms with Crippen LogP contribution >= 0.6 is 0 Å². The summed E-state index contributed by atoms with van der Waals surface area (Å²) >= 11 is 0. The Balaban J connectivity index is 1.27. The molecule has 0 saturated heterocycles. The molecule has 0 spiro atoms. The highest BCUT2D eigenvalue weighted by Crippen LogP contribution is 2.45. The molecule has 0 atom stereocenters. The number of rotatable bonds is 4. The molecular formula is C52H32N2. The lowest BCUT2D eigenvalue weighted by molar-refractivity contribution is 1.18. The molecule has 0 saturated carbocycles. The number of hydrogen-bond acceptors (Lipinski definition) is 2. The van der Waals surface area contributed by atoms with Gasteiger partial charge in [-0.25, -0.2) is 9.97 Å². The minimum absolute atomic E-state index is 0.709. The largest absolute Gasteiger partial charge is 0.228 e. The molecule has 11 aromatic rings. The first kappa shape index (κ1) is 30.5. The van der Waals surface area contributed by atoms with Crippen molar-refractivity contribution >= 4 is 64.6 Å². The van der Waals surface area contributed by atoms with Crippen LogP contribution < -0.4 is 0 Å². The van der Waals surface area contributed by atoms with Crippen molar-refractivity contribution in [3.05, 3.63) is 194 Å². The molecule has 0 unspecified atom stereocenters. The Labute approximate surface area is 312 Å². The van der Waals surface area contributed by atoms with Crippen molar-refractivity contribution in [3.63, 3.8) is 0 Å². The zero-order valence-electron chi connectivity index (χ0n) is 29.4. The van der Waals surface area contributed by atoms with E-state index in [4.69, 9.17) is 9.97 Å². The van der Waals surface area contributed by atoms with Crippen molar-refractivity contribution in [2.24, 2.45) is 0 Å². The first-order chi connectivity index (χ1) is 26.8. The molecule has 0 aliphatic rings. The fourth-order valence-corrected chi connectivity index (χ4v) is 8.55. The van der Waals surface area contributed by atoms with E-state index in [9.17, 15) is 0 Å². The van der Waals surface area contributed by atoms with Gasteiger partial charge in [-0.1, -0.05) is 170 Å². The average molecular weight is 685 g/mol. The van der Waals surface area contributed by atoms with Gasteiger partial charge in [0.25, 0.3) is 0 Å². The monoisotopic (exact) mass is 684 g/mol. The molecule has 2 heteroatoms. The number of fused-ring (bicyclic) bond motifs is 12. The van der Waals surface area contributed by atoms with Gasteiger partial charge in [-0.2, -0.15) is 0 Å². The van der Waals surface area contributed by atoms with E-state index in [0.717, 1.165) is 28.1 Å². The zero-order chi connectivity index (χ0) is 35.6. The fraction of sp³-hybridized carbons (Fsp3) is 0. The number of aromatic nitrogens is 2. The van der Waals surface area contributed by atoms with E-state index in [-0.39, 0.29) is 0 Å². The summed E-state index contributed by atoms with van der Waals surface area (Å²) < 4.78 is 0. The van der Waals surface area contributed by atoms with Crippen LogP contribution in [-0.2, 0) is 0 Å². The third kappa shape index (κ3) is 4.81. The summed E-state index contributed by atoms with van der Waals surface area (Å²) in [5, 5.41) is 15.0. The third-order valence-corrected chi connectivity index (χ3v) is 11.0. The molecule has 0 radical (unpaired) electrons. The Hall–Kier alpha value is -7.16. The van der Waals surface area contributed by atoms with E-state index in [2.05, 4.69) is 170 Å². The highest BCUT2D eigenvalue weighted by Gasteiger charge is 2.19. The van der Waals surface area contributed by atoms with Gasteiger partial charge in [0, 0.05) is 16.7 Å². The van der Waals surface area contributed by atoms with Crippen molar-refractivity contribution in [2.45, 2.75) is 0 Å². The van der Waals surface area contributed by atoms with Gasteiger partial charge in [-0.15, -0.1) is 0 Å². The third-order valence-electron chi connectivity index (χ3n) is 11.0. The van der Waals surface area contributed by atoms with Crippen molar-refractivity contribution < 1.29 is 0 Å². The molecule has 0 fully saturated rings. The quantitative estimate of drug-likeness (QED) is 0.172. The highest BCUT2D eigenvalue weighted by atomic mass is 14.9. The lowest BCUT2D eigenvalue weighted by atomic mass is 9.86. The van der Waals surface area contributed by atoms with Crippen LogP contribution in [0, 0.1) is 0 Å². The Morgan fingerprint density at radius 1 is 0.241 bits per heavy atom. The number of nitrogens with zero attached hydrogens (tertiary/aromatic N) is 2. The second-order valence-electron chi connectivity index (χ2n) is 14.1. The summed E-state index contributed by atoms with van der Waals surface area (Å²) in [7, 11) is 0. The fourth-order valence-electron chi connectivity index (χ4n) is 8.55. The Morgan fingerprint density at radius 2 is 0.648 bits per heavy atom. The van der Waals surface area contributed by atoms with E-state index in [1.165, 1.54) is 75.8 Å². The Morgan fingerprint density at radius 3 is 1.22 bits per heavy atom. The van der Waals surface area contributed by atoms with Gasteiger partial charge >= 0.3 is 0 Å². The lowest BCUT2D eigenvalue weighted by Crippen LogP contribution is -1.97. The van der Waals surface area contributed by atoms with Crippen molar-refractivity contribution in [1.29, 1.82) is 0 Å². The molecule has 250 valence electrons. The predicted octanol–water partition coefficient (Wildman–Crippen LogP) is 14.1. The van der Waals surface area contributed by atoms with Crippen LogP contribution in [0.1, 0.15) is 0 Å². The highest BCUT2D eigenvalue weighted by molar-refractivity contribution is 6.30. The van der Waals surface area contributed by atoms with Crippen molar-refractivity contribution in [3.8, 4) is 45.0 Å². The Kier molecular flexibility index (Phi) is 6.90. The lowest BCUT2D eigenvalue weighted by Gasteiger charge is -2.18. The van der Waals surface area contributed by atoms with E-state index < -0.39 is 0 Å². The maximum absolute atomic E-state index is 5.30. The normalized spacial score (nSPS) is 11.7. The summed E-state index contributed by atoms with van der Waals surface area (Å²) in [5.74, 6) is 0.709. The molecule has 1 aromatic heterocycles. The molecule has 0 aliphatic carbocycles. The molecule has 0 bridgehead atoms. The van der Waals surface area contributed by atoms with Gasteiger partial charge in [0.1, 0.15) is 0 Å². The van der Waals surface area contributed by atoms with E-state index in [1.807, 2.05) is 24.3 Å². The smallest absolute Gasteiger partial charge is 0.160 e. The number of benzene rings is 10. The standard InChI is InChI=1S/C52H32N2/c1-3-15-33(16-4-1)49-32-50(54-52(53-49)34-17-5-2-6-18-34)36-30-46(51-45-26-14-13-23-41(45)40-22-10-12-25-43(40)48(51)31-36)35-27-28-44-39-21-8-7-19-37(39)38-20-9-11-24-42(38)47(44)29-35/h1-32H. The summed E-state index contributed by atoms with van der Waals surface area (Å²) in [5.41, 5.74) is 7.25. The van der Waals surface area contributed by atoms with Crippen LogP contribution in [0.15, 0.2) is 194 Å². The van der Waals surface area contributed by atoms with Gasteiger partial charge in [0.15, 0.2) is 5.82 Å². The second kappa shape index (κ2) is 12.2. The molecule has 0 amide bonds. The molecular weight excluding hydrogens is 653 g/mol. The zero-order valence-corrected chi connectivity index (χ0v) is 29.4. The molecule has 54 heavy (non-hydrogen) atoms. The molecule has 2 nitrogen and oxygen atoms in total. The predicted molar refractivity (Wildman–Crippen MR) is 229 cm³/mol. The van der Waals surface area contributed by atoms with Gasteiger partial charge in [0.2, 0.25) is 0 Å². The summed E-state index contributed by atoms with van der Waals surface area (Å²) in [6.07, 6.45) is 0. The molecule has 0 aliphatic heterocycles. The van der Waals surface area contributed by atoms with Crippen molar-refractivity contribution in [2.75, 3.05) is 0 Å². The maximum Gasteiger partial charge on any atom is 0.160 e. The van der Waals surface area contributed by atoms with E-state index >= 15 is 0 Å². The minimum atomic E-state index is 0.709. The minimum Gasteiger partial charge on any atom is -0.228 e. The summed E-state index contributed by atoms with van der Waals surface area (Å²) in [6, 6.07) is 69.9. The van der Waals surface area contributed by atoms with E-state index in [1.54, 1.807) is 0 Å². The van der Waals surface area contributed by atoms with E-state index in [0.29, 0.717) is 5.82 Å².